The highest BCUT2D eigenvalue weighted by Gasteiger charge is 2.12. The molecule has 0 atom stereocenters. The van der Waals surface area contributed by atoms with Crippen LogP contribution in [-0.2, 0) is 4.79 Å². The van der Waals surface area contributed by atoms with Crippen LogP contribution >= 0.6 is 0 Å². The minimum absolute atomic E-state index is 0.000903. The molecule has 0 bridgehead atoms. The normalized spacial score (nSPS) is 11.0. The zero-order valence-corrected chi connectivity index (χ0v) is 6.19. The van der Waals surface area contributed by atoms with Crippen LogP contribution in [0.5, 0.6) is 0 Å². The van der Waals surface area contributed by atoms with Crippen LogP contribution in [0.25, 0.3) is 0 Å². The van der Waals surface area contributed by atoms with Gasteiger partial charge in [0.25, 0.3) is 0 Å². The molecule has 0 rings (SSSR count). The number of amides is 1. The van der Waals surface area contributed by atoms with E-state index in [1.807, 2.05) is 20.9 Å². The van der Waals surface area contributed by atoms with Crippen molar-refractivity contribution in [2.24, 2.45) is 0 Å². The minimum Gasteiger partial charge on any atom is -0.357 e. The fourth-order valence-electron chi connectivity index (χ4n) is 0.385. The van der Waals surface area contributed by atoms with E-state index in [1.54, 1.807) is 0 Å². The third kappa shape index (κ3) is 3.97. The van der Waals surface area contributed by atoms with Crippen molar-refractivity contribution < 1.29 is 4.79 Å². The first-order chi connectivity index (χ1) is 4.12. The van der Waals surface area contributed by atoms with Crippen molar-refractivity contribution in [3.63, 3.8) is 0 Å². The zero-order chi connectivity index (χ0) is 7.33. The lowest BCUT2D eigenvalue weighted by molar-refractivity contribution is -0.109. The summed E-state index contributed by atoms with van der Waals surface area (Å²) in [5, 5.41) is 5.65. The lowest BCUT2D eigenvalue weighted by atomic mass is 10.1. The third-order valence-electron chi connectivity index (χ3n) is 1.30. The topological polar surface area (TPSA) is 41.1 Å². The summed E-state index contributed by atoms with van der Waals surface area (Å²) in [5.74, 6) is 0. The van der Waals surface area contributed by atoms with Crippen LogP contribution in [0.15, 0.2) is 0 Å². The van der Waals surface area contributed by atoms with Gasteiger partial charge in [-0.2, -0.15) is 0 Å². The lowest BCUT2D eigenvalue weighted by Crippen LogP contribution is -2.45. The molecule has 54 valence electrons. The molecule has 0 radical (unpaired) electrons. The number of rotatable bonds is 4. The van der Waals surface area contributed by atoms with E-state index in [1.165, 1.54) is 0 Å². The molecule has 0 aromatic rings. The summed E-state index contributed by atoms with van der Waals surface area (Å²) in [6.45, 7) is 4.69. The summed E-state index contributed by atoms with van der Waals surface area (Å²) in [5.41, 5.74) is 0.000903. The lowest BCUT2D eigenvalue weighted by Gasteiger charge is -2.22. The Hall–Kier alpha value is -0.570. The molecule has 0 unspecified atom stereocenters. The maximum atomic E-state index is 9.83. The number of carbonyl (C=O) groups excluding carboxylic acids is 1. The highest BCUT2D eigenvalue weighted by atomic mass is 16.1. The van der Waals surface area contributed by atoms with Crippen molar-refractivity contribution in [2.45, 2.75) is 19.4 Å². The average Bonchev–Trinajstić information content (AvgIpc) is 1.84. The highest BCUT2D eigenvalue weighted by molar-refractivity contribution is 5.46. The molecule has 9 heavy (non-hydrogen) atoms. The number of hydrogen-bond acceptors (Lipinski definition) is 2. The Morgan fingerprint density at radius 3 is 2.44 bits per heavy atom. The number of nitrogens with one attached hydrogen (secondary N) is 2. The van der Waals surface area contributed by atoms with Crippen LogP contribution in [-0.4, -0.2) is 25.5 Å². The molecule has 0 saturated heterocycles. The average molecular weight is 130 g/mol. The van der Waals surface area contributed by atoms with Crippen molar-refractivity contribution >= 4 is 6.41 Å². The van der Waals surface area contributed by atoms with Crippen molar-refractivity contribution in [1.29, 1.82) is 0 Å². The Balaban J connectivity index is 3.44. The second-order valence-corrected chi connectivity index (χ2v) is 2.63. The van der Waals surface area contributed by atoms with Crippen molar-refractivity contribution in [1.82, 2.24) is 10.6 Å². The summed E-state index contributed by atoms with van der Waals surface area (Å²) < 4.78 is 0. The van der Waals surface area contributed by atoms with Crippen molar-refractivity contribution in [2.75, 3.05) is 13.6 Å². The van der Waals surface area contributed by atoms with Gasteiger partial charge < -0.3 is 10.6 Å². The van der Waals surface area contributed by atoms with Gasteiger partial charge in [-0.15, -0.1) is 0 Å². The molecule has 0 aliphatic carbocycles. The van der Waals surface area contributed by atoms with Crippen LogP contribution in [0.2, 0.25) is 0 Å². The first-order valence-electron chi connectivity index (χ1n) is 2.98. The summed E-state index contributed by atoms with van der Waals surface area (Å²) in [6.07, 6.45) is 0.707. The fraction of sp³-hybridized carbons (Fsp3) is 0.833. The minimum atomic E-state index is 0.000903. The summed E-state index contributed by atoms with van der Waals surface area (Å²) in [7, 11) is 1.87. The summed E-state index contributed by atoms with van der Waals surface area (Å²) >= 11 is 0. The van der Waals surface area contributed by atoms with E-state index in [0.717, 1.165) is 0 Å². The maximum absolute atomic E-state index is 9.83. The summed E-state index contributed by atoms with van der Waals surface area (Å²) in [4.78, 5) is 9.83. The van der Waals surface area contributed by atoms with Gasteiger partial charge in [-0.25, -0.2) is 0 Å². The molecule has 3 heteroatoms. The Kier molecular flexibility index (Phi) is 3.24. The van der Waals surface area contributed by atoms with Gasteiger partial charge in [0.05, 0.1) is 0 Å². The molecule has 0 aromatic heterocycles. The summed E-state index contributed by atoms with van der Waals surface area (Å²) in [6, 6.07) is 0. The molecular weight excluding hydrogens is 116 g/mol. The molecule has 0 saturated carbocycles. The van der Waals surface area contributed by atoms with E-state index in [-0.39, 0.29) is 5.54 Å². The van der Waals surface area contributed by atoms with E-state index in [0.29, 0.717) is 13.0 Å². The van der Waals surface area contributed by atoms with E-state index < -0.39 is 0 Å². The second-order valence-electron chi connectivity index (χ2n) is 2.63. The van der Waals surface area contributed by atoms with E-state index in [4.69, 9.17) is 0 Å². The van der Waals surface area contributed by atoms with Gasteiger partial charge in [0.15, 0.2) is 0 Å². The molecule has 0 aliphatic rings. The second kappa shape index (κ2) is 3.45. The predicted octanol–water partition coefficient (Wildman–Crippen LogP) is -0.270. The monoisotopic (exact) mass is 130 g/mol. The van der Waals surface area contributed by atoms with E-state index in [9.17, 15) is 4.79 Å². The third-order valence-corrected chi connectivity index (χ3v) is 1.30. The van der Waals surface area contributed by atoms with Gasteiger partial charge >= 0.3 is 0 Å². The molecule has 0 aliphatic heterocycles. The number of likely N-dealkylation sites (N-methyl/N-ethyl adjacent to an activating group) is 1. The van der Waals surface area contributed by atoms with Crippen LogP contribution < -0.4 is 10.6 Å². The molecule has 0 spiro atoms. The highest BCUT2D eigenvalue weighted by Crippen LogP contribution is 1.95. The molecule has 0 fully saturated rings. The molecule has 3 nitrogen and oxygen atoms in total. The number of hydrogen-bond donors (Lipinski definition) is 2. The molecule has 0 aromatic carbocycles. The van der Waals surface area contributed by atoms with Gasteiger partial charge in [-0.3, -0.25) is 4.79 Å². The smallest absolute Gasteiger partial charge is 0.207 e. The quantitative estimate of drug-likeness (QED) is 0.514. The number of carbonyl (C=O) groups is 1. The first-order valence-corrected chi connectivity index (χ1v) is 2.98. The predicted molar refractivity (Wildman–Crippen MR) is 37.2 cm³/mol. The van der Waals surface area contributed by atoms with Gasteiger partial charge in [0, 0.05) is 12.1 Å². The van der Waals surface area contributed by atoms with Gasteiger partial charge in [0.2, 0.25) is 6.41 Å². The Bertz CT molecular complexity index is 91.1. The van der Waals surface area contributed by atoms with E-state index >= 15 is 0 Å². The van der Waals surface area contributed by atoms with Crippen LogP contribution in [0.4, 0.5) is 0 Å². The van der Waals surface area contributed by atoms with Crippen molar-refractivity contribution in [3.8, 4) is 0 Å². The zero-order valence-electron chi connectivity index (χ0n) is 6.19. The van der Waals surface area contributed by atoms with Gasteiger partial charge in [-0.1, -0.05) is 0 Å². The SMILES string of the molecule is CNC(C)(C)CNC=O. The standard InChI is InChI=1S/C6H14N2O/c1-6(2,7-3)4-8-5-9/h5,7H,4H2,1-3H3,(H,8,9). The largest absolute Gasteiger partial charge is 0.357 e. The Morgan fingerprint density at radius 2 is 2.11 bits per heavy atom. The Morgan fingerprint density at radius 1 is 1.56 bits per heavy atom. The molecule has 0 heterocycles. The van der Waals surface area contributed by atoms with Gasteiger partial charge in [-0.05, 0) is 20.9 Å². The van der Waals surface area contributed by atoms with Crippen molar-refractivity contribution in [3.05, 3.63) is 0 Å². The fourth-order valence-corrected chi connectivity index (χ4v) is 0.385. The molecule has 1 amide bonds. The van der Waals surface area contributed by atoms with E-state index in [2.05, 4.69) is 10.6 Å². The van der Waals surface area contributed by atoms with Crippen LogP contribution in [0, 0.1) is 0 Å². The van der Waals surface area contributed by atoms with Crippen LogP contribution in [0.3, 0.4) is 0 Å². The van der Waals surface area contributed by atoms with Gasteiger partial charge in [0.1, 0.15) is 0 Å². The molecular formula is C6H14N2O. The molecule has 2 N–H and O–H groups in total. The van der Waals surface area contributed by atoms with Crippen LogP contribution in [0.1, 0.15) is 13.8 Å². The Labute approximate surface area is 55.8 Å². The first kappa shape index (κ1) is 8.43. The maximum Gasteiger partial charge on any atom is 0.207 e.